The van der Waals surface area contributed by atoms with Crippen molar-refractivity contribution in [1.29, 1.82) is 0 Å². The van der Waals surface area contributed by atoms with Crippen molar-refractivity contribution >= 4 is 29.0 Å². The van der Waals surface area contributed by atoms with E-state index in [1.54, 1.807) is 13.0 Å². The molecule has 9 nitrogen and oxygen atoms in total. The summed E-state index contributed by atoms with van der Waals surface area (Å²) < 4.78 is 7.82. The van der Waals surface area contributed by atoms with Crippen LogP contribution in [0.5, 0.6) is 5.75 Å². The van der Waals surface area contributed by atoms with Crippen LogP contribution in [0.25, 0.3) is 0 Å². The van der Waals surface area contributed by atoms with Crippen LogP contribution in [0.3, 0.4) is 0 Å². The van der Waals surface area contributed by atoms with Crippen LogP contribution in [0, 0.1) is 30.9 Å². The molecule has 1 N–H and O–H groups in total. The normalized spacial score (nSPS) is 10.8. The molecule has 0 unspecified atom stereocenters. The number of nitro benzene ring substituents is 1. The topological polar surface area (TPSA) is 112 Å². The predicted octanol–water partition coefficient (Wildman–Crippen LogP) is 4.44. The molecule has 0 spiro atoms. The van der Waals surface area contributed by atoms with Gasteiger partial charge in [0.1, 0.15) is 12.4 Å². The van der Waals surface area contributed by atoms with Gasteiger partial charge in [0.15, 0.2) is 11.0 Å². The fourth-order valence-electron chi connectivity index (χ4n) is 3.13. The number of thioether (sulfide) groups is 1. The second-order valence-electron chi connectivity index (χ2n) is 7.29. The molecule has 168 valence electrons. The van der Waals surface area contributed by atoms with Crippen molar-refractivity contribution in [1.82, 2.24) is 14.8 Å². The van der Waals surface area contributed by atoms with Crippen molar-refractivity contribution in [3.8, 4) is 5.75 Å². The maximum absolute atomic E-state index is 12.4. The van der Waals surface area contributed by atoms with Crippen LogP contribution in [-0.4, -0.2) is 31.3 Å². The van der Waals surface area contributed by atoms with E-state index in [-0.39, 0.29) is 24.0 Å². The zero-order chi connectivity index (χ0) is 23.3. The zero-order valence-corrected chi connectivity index (χ0v) is 19.2. The third-order valence-corrected chi connectivity index (χ3v) is 5.80. The number of carbonyl (C=O) groups is 1. The molecule has 0 saturated carbocycles. The second-order valence-corrected chi connectivity index (χ2v) is 8.24. The summed E-state index contributed by atoms with van der Waals surface area (Å²) in [5.74, 6) is 1.28. The summed E-state index contributed by atoms with van der Waals surface area (Å²) in [5, 5.41) is 22.7. The number of rotatable bonds is 9. The minimum absolute atomic E-state index is 0.0715. The summed E-state index contributed by atoms with van der Waals surface area (Å²) in [5.41, 5.74) is 3.32. The highest BCUT2D eigenvalue weighted by Gasteiger charge is 2.16. The van der Waals surface area contributed by atoms with Crippen molar-refractivity contribution in [3.63, 3.8) is 0 Å². The molecule has 0 aliphatic carbocycles. The molecule has 0 radical (unpaired) electrons. The monoisotopic (exact) mass is 455 g/mol. The van der Waals surface area contributed by atoms with Gasteiger partial charge in [-0.2, -0.15) is 0 Å². The van der Waals surface area contributed by atoms with E-state index < -0.39 is 4.92 Å². The van der Waals surface area contributed by atoms with Crippen LogP contribution in [0.4, 0.5) is 11.4 Å². The van der Waals surface area contributed by atoms with Crippen molar-refractivity contribution in [2.75, 3.05) is 11.1 Å². The Morgan fingerprint density at radius 2 is 1.94 bits per heavy atom. The van der Waals surface area contributed by atoms with E-state index in [0.717, 1.165) is 16.9 Å². The zero-order valence-electron chi connectivity index (χ0n) is 18.4. The molecule has 1 heterocycles. The van der Waals surface area contributed by atoms with Crippen LogP contribution in [0.2, 0.25) is 0 Å². The highest BCUT2D eigenvalue weighted by Crippen LogP contribution is 2.24. The molecule has 0 saturated heterocycles. The highest BCUT2D eigenvalue weighted by atomic mass is 32.2. The molecule has 0 fully saturated rings. The molecule has 0 aliphatic heterocycles. The van der Waals surface area contributed by atoms with Gasteiger partial charge in [-0.05, 0) is 44.9 Å². The summed E-state index contributed by atoms with van der Waals surface area (Å²) in [6, 6.07) is 10.4. The van der Waals surface area contributed by atoms with Crippen molar-refractivity contribution in [2.45, 2.75) is 46.0 Å². The average molecular weight is 456 g/mol. The SMILES string of the molecule is CCn1c(COc2ccc(C)cc2C)nnc1SCC(=O)Nc1cc([N+](=O)[O-])ccc1C. The Hall–Kier alpha value is -3.40. The Labute approximate surface area is 190 Å². The van der Waals surface area contributed by atoms with Gasteiger partial charge >= 0.3 is 0 Å². The lowest BCUT2D eigenvalue weighted by Gasteiger charge is -2.11. The Morgan fingerprint density at radius 3 is 2.62 bits per heavy atom. The van der Waals surface area contributed by atoms with Gasteiger partial charge in [0.05, 0.1) is 16.4 Å². The van der Waals surface area contributed by atoms with E-state index >= 15 is 0 Å². The molecular weight excluding hydrogens is 430 g/mol. The number of nitrogens with one attached hydrogen (secondary N) is 1. The molecule has 1 aromatic heterocycles. The van der Waals surface area contributed by atoms with Crippen LogP contribution < -0.4 is 10.1 Å². The number of amides is 1. The van der Waals surface area contributed by atoms with E-state index in [0.29, 0.717) is 23.2 Å². The van der Waals surface area contributed by atoms with Crippen LogP contribution in [0.15, 0.2) is 41.6 Å². The lowest BCUT2D eigenvalue weighted by molar-refractivity contribution is -0.384. The number of aromatic nitrogens is 3. The Balaban J connectivity index is 1.62. The standard InChI is InChI=1S/C22H25N5O4S/c1-5-26-20(12-31-19-9-6-14(2)10-16(19)4)24-25-22(26)32-13-21(28)23-18-11-17(27(29)30)8-7-15(18)3/h6-11H,5,12-13H2,1-4H3,(H,23,28). The lowest BCUT2D eigenvalue weighted by atomic mass is 10.1. The minimum atomic E-state index is -0.491. The number of anilines is 1. The molecule has 2 aromatic carbocycles. The molecule has 3 aromatic rings. The van der Waals surface area contributed by atoms with E-state index in [1.165, 1.54) is 29.5 Å². The number of carbonyl (C=O) groups excluding carboxylic acids is 1. The third kappa shape index (κ3) is 5.64. The molecule has 10 heteroatoms. The number of hydrogen-bond donors (Lipinski definition) is 1. The molecular formula is C22H25N5O4S. The molecule has 0 aliphatic rings. The predicted molar refractivity (Wildman–Crippen MR) is 123 cm³/mol. The number of aryl methyl sites for hydroxylation is 3. The van der Waals surface area contributed by atoms with E-state index in [2.05, 4.69) is 21.6 Å². The lowest BCUT2D eigenvalue weighted by Crippen LogP contribution is -2.16. The highest BCUT2D eigenvalue weighted by molar-refractivity contribution is 7.99. The Morgan fingerprint density at radius 1 is 1.16 bits per heavy atom. The first-order valence-corrected chi connectivity index (χ1v) is 11.1. The van der Waals surface area contributed by atoms with E-state index in [9.17, 15) is 14.9 Å². The van der Waals surface area contributed by atoms with Gasteiger partial charge in [-0.15, -0.1) is 10.2 Å². The number of nitro groups is 1. The van der Waals surface area contributed by atoms with Crippen molar-refractivity contribution in [2.24, 2.45) is 0 Å². The smallest absolute Gasteiger partial charge is 0.271 e. The molecule has 0 atom stereocenters. The van der Waals surface area contributed by atoms with Crippen LogP contribution in [-0.2, 0) is 17.9 Å². The third-order valence-electron chi connectivity index (χ3n) is 4.84. The number of nitrogens with zero attached hydrogens (tertiary/aromatic N) is 4. The molecule has 0 bridgehead atoms. The molecule has 1 amide bonds. The quantitative estimate of drug-likeness (QED) is 0.288. The van der Waals surface area contributed by atoms with Crippen LogP contribution >= 0.6 is 11.8 Å². The van der Waals surface area contributed by atoms with Gasteiger partial charge < -0.3 is 14.6 Å². The summed E-state index contributed by atoms with van der Waals surface area (Å²) >= 11 is 1.25. The fourth-order valence-corrected chi connectivity index (χ4v) is 3.95. The number of non-ortho nitro benzene ring substituents is 1. The number of hydrogen-bond acceptors (Lipinski definition) is 7. The molecule has 3 rings (SSSR count). The molecule has 32 heavy (non-hydrogen) atoms. The van der Waals surface area contributed by atoms with Crippen LogP contribution in [0.1, 0.15) is 29.4 Å². The minimum Gasteiger partial charge on any atom is -0.485 e. The van der Waals surface area contributed by atoms with E-state index in [4.69, 9.17) is 4.74 Å². The maximum Gasteiger partial charge on any atom is 0.271 e. The number of benzene rings is 2. The number of ether oxygens (including phenoxy) is 1. The summed E-state index contributed by atoms with van der Waals surface area (Å²) in [6.07, 6.45) is 0. The first-order chi connectivity index (χ1) is 15.3. The Bertz CT molecular complexity index is 1150. The first-order valence-electron chi connectivity index (χ1n) is 10.1. The Kier molecular flexibility index (Phi) is 7.47. The maximum atomic E-state index is 12.4. The van der Waals surface area contributed by atoms with Gasteiger partial charge in [-0.3, -0.25) is 14.9 Å². The largest absolute Gasteiger partial charge is 0.485 e. The first kappa shape index (κ1) is 23.3. The summed E-state index contributed by atoms with van der Waals surface area (Å²) in [6.45, 7) is 8.68. The van der Waals surface area contributed by atoms with Gasteiger partial charge in [0.2, 0.25) is 5.91 Å². The van der Waals surface area contributed by atoms with Gasteiger partial charge in [0.25, 0.3) is 5.69 Å². The second kappa shape index (κ2) is 10.3. The summed E-state index contributed by atoms with van der Waals surface area (Å²) in [7, 11) is 0. The van der Waals surface area contributed by atoms with Crippen molar-refractivity contribution in [3.05, 3.63) is 69.0 Å². The van der Waals surface area contributed by atoms with Gasteiger partial charge in [0, 0.05) is 18.7 Å². The van der Waals surface area contributed by atoms with E-state index in [1.807, 2.05) is 37.5 Å². The fraction of sp³-hybridized carbons (Fsp3) is 0.318. The van der Waals surface area contributed by atoms with Crippen molar-refractivity contribution < 1.29 is 14.5 Å². The summed E-state index contributed by atoms with van der Waals surface area (Å²) in [4.78, 5) is 22.9. The van der Waals surface area contributed by atoms with Gasteiger partial charge in [-0.1, -0.05) is 35.5 Å². The van der Waals surface area contributed by atoms with Gasteiger partial charge in [-0.25, -0.2) is 0 Å². The average Bonchev–Trinajstić information content (AvgIpc) is 3.14.